The molecule has 0 unspecified atom stereocenters. The van der Waals surface area contributed by atoms with Crippen molar-refractivity contribution < 1.29 is 14.7 Å². The second kappa shape index (κ2) is 5.84. The maximum Gasteiger partial charge on any atom is 0.310 e. The number of carboxylic acids is 1. The molecule has 0 bridgehead atoms. The van der Waals surface area contributed by atoms with Gasteiger partial charge in [-0.05, 0) is 25.7 Å². The van der Waals surface area contributed by atoms with Crippen LogP contribution in [0.5, 0.6) is 0 Å². The molecule has 0 aliphatic heterocycles. The van der Waals surface area contributed by atoms with E-state index >= 15 is 0 Å². The van der Waals surface area contributed by atoms with Gasteiger partial charge in [-0.2, -0.15) is 0 Å². The molecule has 0 aromatic rings. The van der Waals surface area contributed by atoms with Gasteiger partial charge in [-0.25, -0.2) is 0 Å². The van der Waals surface area contributed by atoms with Gasteiger partial charge in [-0.15, -0.1) is 0 Å². The van der Waals surface area contributed by atoms with E-state index in [4.69, 9.17) is 0 Å². The molecule has 96 valence electrons. The third kappa shape index (κ3) is 3.32. The highest BCUT2D eigenvalue weighted by atomic mass is 16.4. The van der Waals surface area contributed by atoms with Crippen LogP contribution in [0.15, 0.2) is 12.2 Å². The summed E-state index contributed by atoms with van der Waals surface area (Å²) in [6.45, 7) is 3.64. The van der Waals surface area contributed by atoms with Gasteiger partial charge >= 0.3 is 5.97 Å². The lowest BCUT2D eigenvalue weighted by atomic mass is 9.79. The predicted octanol–water partition coefficient (Wildman–Crippen LogP) is 2.10. The first-order valence-corrected chi connectivity index (χ1v) is 6.22. The summed E-state index contributed by atoms with van der Waals surface area (Å²) in [5.41, 5.74) is -0.907. The van der Waals surface area contributed by atoms with E-state index in [2.05, 4.69) is 5.32 Å². The highest BCUT2D eigenvalue weighted by Gasteiger charge is 2.37. The van der Waals surface area contributed by atoms with E-state index in [1.807, 2.05) is 26.0 Å². The van der Waals surface area contributed by atoms with Gasteiger partial charge in [-0.3, -0.25) is 9.59 Å². The lowest BCUT2D eigenvalue weighted by molar-refractivity contribution is -0.152. The minimum absolute atomic E-state index is 0.0752. The minimum atomic E-state index is -0.907. The van der Waals surface area contributed by atoms with Crippen LogP contribution in [-0.2, 0) is 9.59 Å². The zero-order chi connectivity index (χ0) is 12.9. The number of carboxylic acid groups (broad SMARTS) is 1. The summed E-state index contributed by atoms with van der Waals surface area (Å²) in [6.07, 6.45) is 6.81. The summed E-state index contributed by atoms with van der Waals surface area (Å²) < 4.78 is 0. The standard InChI is InChI=1S/C13H21NO3/c1-3-13(4-2,12(16)17)9-11(15)14-10-7-5-6-8-10/h5-6,10H,3-4,7-9H2,1-2H3,(H,14,15)(H,16,17). The second-order valence-corrected chi connectivity index (χ2v) is 4.68. The van der Waals surface area contributed by atoms with E-state index in [0.29, 0.717) is 12.8 Å². The van der Waals surface area contributed by atoms with Gasteiger partial charge < -0.3 is 10.4 Å². The molecule has 1 aliphatic carbocycles. The fraction of sp³-hybridized carbons (Fsp3) is 0.692. The topological polar surface area (TPSA) is 66.4 Å². The number of amides is 1. The first-order chi connectivity index (χ1) is 8.04. The minimum Gasteiger partial charge on any atom is -0.481 e. The van der Waals surface area contributed by atoms with E-state index in [-0.39, 0.29) is 18.4 Å². The lowest BCUT2D eigenvalue weighted by Gasteiger charge is -2.26. The number of carbonyl (C=O) groups excluding carboxylic acids is 1. The smallest absolute Gasteiger partial charge is 0.310 e. The predicted molar refractivity (Wildman–Crippen MR) is 65.6 cm³/mol. The quantitative estimate of drug-likeness (QED) is 0.697. The Labute approximate surface area is 102 Å². The molecule has 0 heterocycles. The molecule has 0 saturated carbocycles. The Hall–Kier alpha value is -1.32. The van der Waals surface area contributed by atoms with Crippen LogP contribution in [0.3, 0.4) is 0 Å². The van der Waals surface area contributed by atoms with Crippen molar-refractivity contribution in [1.29, 1.82) is 0 Å². The fourth-order valence-corrected chi connectivity index (χ4v) is 2.20. The van der Waals surface area contributed by atoms with Crippen LogP contribution >= 0.6 is 0 Å². The molecular formula is C13H21NO3. The van der Waals surface area contributed by atoms with E-state index in [1.54, 1.807) is 0 Å². The van der Waals surface area contributed by atoms with Crippen molar-refractivity contribution >= 4 is 11.9 Å². The Bertz CT molecular complexity index is 311. The van der Waals surface area contributed by atoms with Crippen LogP contribution in [0.2, 0.25) is 0 Å². The number of nitrogens with one attached hydrogen (secondary N) is 1. The molecule has 1 aliphatic rings. The monoisotopic (exact) mass is 239 g/mol. The molecular weight excluding hydrogens is 218 g/mol. The molecule has 0 aromatic carbocycles. The lowest BCUT2D eigenvalue weighted by Crippen LogP contribution is -2.40. The van der Waals surface area contributed by atoms with Gasteiger partial charge in [0.2, 0.25) is 5.91 Å². The fourth-order valence-electron chi connectivity index (χ4n) is 2.20. The molecule has 0 fully saturated rings. The zero-order valence-electron chi connectivity index (χ0n) is 10.5. The van der Waals surface area contributed by atoms with Crippen LogP contribution in [0, 0.1) is 5.41 Å². The molecule has 0 spiro atoms. The van der Waals surface area contributed by atoms with Crippen molar-refractivity contribution in [3.63, 3.8) is 0 Å². The first-order valence-electron chi connectivity index (χ1n) is 6.22. The Morgan fingerprint density at radius 3 is 2.24 bits per heavy atom. The van der Waals surface area contributed by atoms with Gasteiger partial charge in [0.05, 0.1) is 5.41 Å². The molecule has 4 heteroatoms. The van der Waals surface area contributed by atoms with Crippen LogP contribution in [0.4, 0.5) is 0 Å². The average molecular weight is 239 g/mol. The Balaban J connectivity index is 2.54. The number of hydrogen-bond donors (Lipinski definition) is 2. The second-order valence-electron chi connectivity index (χ2n) is 4.68. The molecule has 1 rings (SSSR count). The first kappa shape index (κ1) is 13.7. The van der Waals surface area contributed by atoms with Crippen molar-refractivity contribution in [2.45, 2.75) is 52.0 Å². The van der Waals surface area contributed by atoms with Crippen LogP contribution in [-0.4, -0.2) is 23.0 Å². The number of hydrogen-bond acceptors (Lipinski definition) is 2. The maximum atomic E-state index is 11.8. The van der Waals surface area contributed by atoms with Crippen LogP contribution < -0.4 is 5.32 Å². The van der Waals surface area contributed by atoms with E-state index in [9.17, 15) is 14.7 Å². The zero-order valence-corrected chi connectivity index (χ0v) is 10.5. The number of aliphatic carboxylic acids is 1. The SMILES string of the molecule is CCC(CC)(CC(=O)NC1CC=CC1)C(=O)O. The van der Waals surface area contributed by atoms with Crippen LogP contribution in [0.25, 0.3) is 0 Å². The molecule has 0 atom stereocenters. The van der Waals surface area contributed by atoms with Crippen molar-refractivity contribution in [3.8, 4) is 0 Å². The van der Waals surface area contributed by atoms with Gasteiger partial charge in [-0.1, -0.05) is 26.0 Å². The Morgan fingerprint density at radius 1 is 1.29 bits per heavy atom. The largest absolute Gasteiger partial charge is 0.481 e. The van der Waals surface area contributed by atoms with Gasteiger partial charge in [0.1, 0.15) is 0 Å². The van der Waals surface area contributed by atoms with Gasteiger partial charge in [0.15, 0.2) is 0 Å². The van der Waals surface area contributed by atoms with E-state index < -0.39 is 11.4 Å². The molecule has 4 nitrogen and oxygen atoms in total. The summed E-state index contributed by atoms with van der Waals surface area (Å²) in [4.78, 5) is 23.1. The molecule has 17 heavy (non-hydrogen) atoms. The van der Waals surface area contributed by atoms with Crippen molar-refractivity contribution in [2.24, 2.45) is 5.41 Å². The van der Waals surface area contributed by atoms with Gasteiger partial charge in [0, 0.05) is 12.5 Å². The highest BCUT2D eigenvalue weighted by Crippen LogP contribution is 2.31. The van der Waals surface area contributed by atoms with E-state index in [1.165, 1.54) is 0 Å². The normalized spacial score (nSPS) is 16.1. The average Bonchev–Trinajstić information content (AvgIpc) is 2.78. The van der Waals surface area contributed by atoms with Crippen molar-refractivity contribution in [1.82, 2.24) is 5.32 Å². The summed E-state index contributed by atoms with van der Waals surface area (Å²) >= 11 is 0. The summed E-state index contributed by atoms with van der Waals surface area (Å²) in [6, 6.07) is 0.155. The molecule has 1 amide bonds. The van der Waals surface area contributed by atoms with Gasteiger partial charge in [0.25, 0.3) is 0 Å². The number of carbonyl (C=O) groups is 2. The molecule has 0 radical (unpaired) electrons. The number of rotatable bonds is 6. The molecule has 2 N–H and O–H groups in total. The third-order valence-corrected chi connectivity index (χ3v) is 3.68. The van der Waals surface area contributed by atoms with Crippen molar-refractivity contribution in [3.05, 3.63) is 12.2 Å². The third-order valence-electron chi connectivity index (χ3n) is 3.68. The summed E-state index contributed by atoms with van der Waals surface area (Å²) in [5.74, 6) is -1.02. The highest BCUT2D eigenvalue weighted by molar-refractivity contribution is 5.85. The maximum absolute atomic E-state index is 11.8. The summed E-state index contributed by atoms with van der Waals surface area (Å²) in [7, 11) is 0. The molecule has 0 saturated heterocycles. The van der Waals surface area contributed by atoms with E-state index in [0.717, 1.165) is 12.8 Å². The van der Waals surface area contributed by atoms with Crippen molar-refractivity contribution in [2.75, 3.05) is 0 Å². The van der Waals surface area contributed by atoms with Crippen LogP contribution in [0.1, 0.15) is 46.0 Å². The Morgan fingerprint density at radius 2 is 1.82 bits per heavy atom. The molecule has 0 aromatic heterocycles. The Kier molecular flexibility index (Phi) is 4.73. The summed E-state index contributed by atoms with van der Waals surface area (Å²) in [5, 5.41) is 12.1.